The van der Waals surface area contributed by atoms with Gasteiger partial charge in [-0.3, -0.25) is 14.2 Å². The third-order valence-electron chi connectivity index (χ3n) is 5.73. The Balaban J connectivity index is 1.35. The number of carbonyl (C=O) groups excluding carboxylic acids is 1. The van der Waals surface area contributed by atoms with Crippen LogP contribution in [-0.2, 0) is 11.3 Å². The summed E-state index contributed by atoms with van der Waals surface area (Å²) in [5, 5.41) is 2.91. The Hall–Kier alpha value is -4.72. The van der Waals surface area contributed by atoms with Gasteiger partial charge >= 0.3 is 0 Å². The molecule has 8 nitrogen and oxygen atoms in total. The normalized spacial score (nSPS) is 10.9. The highest BCUT2D eigenvalue weighted by Gasteiger charge is 2.13. The molecule has 5 rings (SSSR count). The highest BCUT2D eigenvalue weighted by molar-refractivity contribution is 5.95. The van der Waals surface area contributed by atoms with E-state index in [1.54, 1.807) is 19.2 Å². The molecule has 2 aromatic carbocycles. The number of hydrogen-bond acceptors (Lipinski definition) is 5. The van der Waals surface area contributed by atoms with E-state index in [9.17, 15) is 9.59 Å². The molecule has 0 aliphatic rings. The van der Waals surface area contributed by atoms with Gasteiger partial charge in [-0.15, -0.1) is 0 Å². The summed E-state index contributed by atoms with van der Waals surface area (Å²) in [5.41, 5.74) is 5.09. The lowest BCUT2D eigenvalue weighted by molar-refractivity contribution is -0.116. The van der Waals surface area contributed by atoms with Crippen molar-refractivity contribution < 1.29 is 9.53 Å². The molecule has 0 aliphatic heterocycles. The van der Waals surface area contributed by atoms with Crippen LogP contribution in [0.15, 0.2) is 90.2 Å². The maximum Gasteiger partial charge on any atom is 0.254 e. The van der Waals surface area contributed by atoms with Crippen LogP contribution in [0.3, 0.4) is 0 Å². The number of nitrogens with zero attached hydrogens (tertiary/aromatic N) is 4. The minimum atomic E-state index is -0.335. The highest BCUT2D eigenvalue weighted by atomic mass is 16.5. The van der Waals surface area contributed by atoms with Gasteiger partial charge in [0.2, 0.25) is 5.91 Å². The van der Waals surface area contributed by atoms with Crippen molar-refractivity contribution in [3.63, 3.8) is 0 Å². The van der Waals surface area contributed by atoms with Crippen LogP contribution in [0, 0.1) is 6.92 Å². The van der Waals surface area contributed by atoms with E-state index < -0.39 is 0 Å². The lowest BCUT2D eigenvalue weighted by Gasteiger charge is -2.11. The van der Waals surface area contributed by atoms with Gasteiger partial charge in [0.15, 0.2) is 0 Å². The number of imidazole rings is 1. The van der Waals surface area contributed by atoms with E-state index >= 15 is 0 Å². The number of nitrogens with one attached hydrogen (secondary N) is 1. The van der Waals surface area contributed by atoms with Crippen LogP contribution in [0.2, 0.25) is 0 Å². The van der Waals surface area contributed by atoms with Gasteiger partial charge in [-0.1, -0.05) is 24.3 Å². The SMILES string of the molecule is COc1ccc(-c2cc(=O)n(CC(=O)Nc3ccccc3-c3cn4cccc(C)c4n3)cn2)cc1. The molecule has 35 heavy (non-hydrogen) atoms. The molecule has 0 fully saturated rings. The molecule has 0 atom stereocenters. The van der Waals surface area contributed by atoms with E-state index in [-0.39, 0.29) is 18.0 Å². The Morgan fingerprint density at radius 3 is 2.57 bits per heavy atom. The van der Waals surface area contributed by atoms with Gasteiger partial charge in [0.1, 0.15) is 17.9 Å². The van der Waals surface area contributed by atoms with Gasteiger partial charge in [-0.2, -0.15) is 0 Å². The summed E-state index contributed by atoms with van der Waals surface area (Å²) in [6.07, 6.45) is 5.26. The average molecular weight is 466 g/mol. The van der Waals surface area contributed by atoms with E-state index in [1.807, 2.05) is 72.2 Å². The van der Waals surface area contributed by atoms with Crippen LogP contribution in [0.25, 0.3) is 28.2 Å². The van der Waals surface area contributed by atoms with Crippen LogP contribution < -0.4 is 15.6 Å². The van der Waals surface area contributed by atoms with E-state index in [1.165, 1.54) is 17.0 Å². The van der Waals surface area contributed by atoms with E-state index in [4.69, 9.17) is 9.72 Å². The zero-order valence-corrected chi connectivity index (χ0v) is 19.3. The van der Waals surface area contributed by atoms with Crippen molar-refractivity contribution in [3.05, 3.63) is 101 Å². The summed E-state index contributed by atoms with van der Waals surface area (Å²) in [6.45, 7) is 1.85. The number of anilines is 1. The maximum atomic E-state index is 12.8. The minimum Gasteiger partial charge on any atom is -0.497 e. The lowest BCUT2D eigenvalue weighted by atomic mass is 10.1. The number of amides is 1. The summed E-state index contributed by atoms with van der Waals surface area (Å²) in [6, 6.07) is 20.1. The van der Waals surface area contributed by atoms with Crippen LogP contribution in [0.5, 0.6) is 5.75 Å². The van der Waals surface area contributed by atoms with E-state index in [2.05, 4.69) is 10.3 Å². The quantitative estimate of drug-likeness (QED) is 0.406. The van der Waals surface area contributed by atoms with E-state index in [0.717, 1.165) is 33.8 Å². The molecular weight excluding hydrogens is 442 g/mol. The number of para-hydroxylation sites is 1. The Morgan fingerprint density at radius 1 is 1.03 bits per heavy atom. The molecule has 5 aromatic rings. The third kappa shape index (κ3) is 4.54. The first-order valence-corrected chi connectivity index (χ1v) is 11.1. The van der Waals surface area contributed by atoms with Crippen molar-refractivity contribution >= 4 is 17.2 Å². The van der Waals surface area contributed by atoms with Crippen molar-refractivity contribution in [2.45, 2.75) is 13.5 Å². The molecule has 0 saturated carbocycles. The summed E-state index contributed by atoms with van der Waals surface area (Å²) in [5.74, 6) is 0.385. The molecule has 0 aliphatic carbocycles. The smallest absolute Gasteiger partial charge is 0.254 e. The second-order valence-corrected chi connectivity index (χ2v) is 8.11. The Labute approximate surface area is 201 Å². The Kier molecular flexibility index (Phi) is 5.85. The molecule has 3 heterocycles. The van der Waals surface area contributed by atoms with Gasteiger partial charge in [0.25, 0.3) is 5.56 Å². The topological polar surface area (TPSA) is 90.5 Å². The molecule has 0 radical (unpaired) electrons. The van der Waals surface area contributed by atoms with Crippen LogP contribution >= 0.6 is 0 Å². The molecule has 174 valence electrons. The number of hydrogen-bond donors (Lipinski definition) is 1. The Morgan fingerprint density at radius 2 is 1.83 bits per heavy atom. The fourth-order valence-corrected chi connectivity index (χ4v) is 3.91. The van der Waals surface area contributed by atoms with Gasteiger partial charge in [-0.25, -0.2) is 9.97 Å². The number of aryl methyl sites for hydroxylation is 1. The first-order chi connectivity index (χ1) is 17.0. The molecule has 0 bridgehead atoms. The first kappa shape index (κ1) is 22.1. The number of rotatable bonds is 6. The molecular formula is C27H23N5O3. The van der Waals surface area contributed by atoms with Crippen molar-refractivity contribution in [1.29, 1.82) is 0 Å². The summed E-state index contributed by atoms with van der Waals surface area (Å²) in [4.78, 5) is 34.6. The minimum absolute atomic E-state index is 0.159. The van der Waals surface area contributed by atoms with Gasteiger partial charge in [-0.05, 0) is 48.9 Å². The number of carbonyl (C=O) groups is 1. The fraction of sp³-hybridized carbons (Fsp3) is 0.111. The first-order valence-electron chi connectivity index (χ1n) is 11.1. The highest BCUT2D eigenvalue weighted by Crippen LogP contribution is 2.28. The van der Waals surface area contributed by atoms with Crippen LogP contribution in [0.4, 0.5) is 5.69 Å². The molecule has 0 unspecified atom stereocenters. The molecule has 8 heteroatoms. The maximum absolute atomic E-state index is 12.8. The number of benzene rings is 2. The lowest BCUT2D eigenvalue weighted by Crippen LogP contribution is -2.27. The molecule has 0 spiro atoms. The second kappa shape index (κ2) is 9.26. The van der Waals surface area contributed by atoms with E-state index in [0.29, 0.717) is 11.4 Å². The molecule has 0 saturated heterocycles. The Bertz CT molecular complexity index is 1590. The predicted molar refractivity (Wildman–Crippen MR) is 134 cm³/mol. The number of methoxy groups -OCH3 is 1. The van der Waals surface area contributed by atoms with Gasteiger partial charge in [0.05, 0.1) is 30.5 Å². The second-order valence-electron chi connectivity index (χ2n) is 8.11. The summed E-state index contributed by atoms with van der Waals surface area (Å²) in [7, 11) is 1.59. The summed E-state index contributed by atoms with van der Waals surface area (Å²) < 4.78 is 8.40. The number of fused-ring (bicyclic) bond motifs is 1. The zero-order valence-electron chi connectivity index (χ0n) is 19.3. The van der Waals surface area contributed by atoms with Crippen LogP contribution in [-0.4, -0.2) is 32.0 Å². The fourth-order valence-electron chi connectivity index (χ4n) is 3.91. The third-order valence-corrected chi connectivity index (χ3v) is 5.73. The standard InChI is InChI=1S/C27H23N5O3/c1-18-6-5-13-31-15-24(30-27(18)31)21-7-3-4-8-22(21)29-25(33)16-32-17-28-23(14-26(32)34)19-9-11-20(35-2)12-10-19/h3-15,17H,16H2,1-2H3,(H,29,33). The van der Waals surface area contributed by atoms with Crippen molar-refractivity contribution in [1.82, 2.24) is 18.9 Å². The molecule has 1 N–H and O–H groups in total. The van der Waals surface area contributed by atoms with Crippen molar-refractivity contribution in [2.75, 3.05) is 12.4 Å². The number of pyridine rings is 1. The van der Waals surface area contributed by atoms with Crippen LogP contribution in [0.1, 0.15) is 5.56 Å². The van der Waals surface area contributed by atoms with Gasteiger partial charge < -0.3 is 14.5 Å². The number of ether oxygens (including phenoxy) is 1. The predicted octanol–water partition coefficient (Wildman–Crippen LogP) is 4.18. The van der Waals surface area contributed by atoms with Crippen molar-refractivity contribution in [3.8, 4) is 28.3 Å². The molecule has 3 aromatic heterocycles. The largest absolute Gasteiger partial charge is 0.497 e. The van der Waals surface area contributed by atoms with Gasteiger partial charge in [0, 0.05) is 29.6 Å². The average Bonchev–Trinajstić information content (AvgIpc) is 3.31. The zero-order chi connectivity index (χ0) is 24.4. The summed E-state index contributed by atoms with van der Waals surface area (Å²) >= 11 is 0. The molecule has 1 amide bonds. The monoisotopic (exact) mass is 465 g/mol. The number of aromatic nitrogens is 4. The van der Waals surface area contributed by atoms with Crippen molar-refractivity contribution in [2.24, 2.45) is 0 Å².